The fourth-order valence-corrected chi connectivity index (χ4v) is 5.24. The van der Waals surface area contributed by atoms with Gasteiger partial charge >= 0.3 is 12.1 Å². The summed E-state index contributed by atoms with van der Waals surface area (Å²) in [7, 11) is 0. The molecule has 2 unspecified atom stereocenters. The Morgan fingerprint density at radius 1 is 1.23 bits per heavy atom. The van der Waals surface area contributed by atoms with Crippen LogP contribution in [0.2, 0.25) is 0 Å². The molecule has 0 spiro atoms. The van der Waals surface area contributed by atoms with Crippen LogP contribution in [0.15, 0.2) is 36.4 Å². The first kappa shape index (κ1) is 22.9. The Morgan fingerprint density at radius 3 is 2.54 bits per heavy atom. The Kier molecular flexibility index (Phi) is 5.31. The van der Waals surface area contributed by atoms with Crippen LogP contribution in [-0.4, -0.2) is 40.3 Å². The number of benzene rings is 2. The predicted molar refractivity (Wildman–Crippen MR) is 123 cm³/mol. The summed E-state index contributed by atoms with van der Waals surface area (Å²) in [6.07, 6.45) is -4.20. The third kappa shape index (κ3) is 4.01. The lowest BCUT2D eigenvalue weighted by Gasteiger charge is -2.24. The summed E-state index contributed by atoms with van der Waals surface area (Å²) in [4.78, 5) is 22.6. The maximum absolute atomic E-state index is 13.1. The molecule has 1 aliphatic carbocycles. The second kappa shape index (κ2) is 8.12. The number of alkyl halides is 3. The molecule has 0 bridgehead atoms. The third-order valence-electron chi connectivity index (χ3n) is 6.90. The molecule has 7 nitrogen and oxygen atoms in total. The van der Waals surface area contributed by atoms with Crippen LogP contribution >= 0.6 is 0 Å². The van der Waals surface area contributed by atoms with Gasteiger partial charge in [0, 0.05) is 24.3 Å². The van der Waals surface area contributed by atoms with E-state index in [4.69, 9.17) is 4.98 Å². The Hall–Kier alpha value is -3.87. The van der Waals surface area contributed by atoms with E-state index in [1.54, 1.807) is 29.2 Å². The van der Waals surface area contributed by atoms with E-state index in [1.165, 1.54) is 6.07 Å². The lowest BCUT2D eigenvalue weighted by molar-refractivity contribution is -0.154. The van der Waals surface area contributed by atoms with Crippen molar-refractivity contribution in [3.63, 3.8) is 0 Å². The van der Waals surface area contributed by atoms with Crippen molar-refractivity contribution in [3.05, 3.63) is 58.8 Å². The van der Waals surface area contributed by atoms with Crippen LogP contribution in [0.25, 0.3) is 11.0 Å². The van der Waals surface area contributed by atoms with E-state index in [9.17, 15) is 28.3 Å². The van der Waals surface area contributed by atoms with Crippen molar-refractivity contribution in [2.24, 2.45) is 17.8 Å². The minimum absolute atomic E-state index is 0.0794. The van der Waals surface area contributed by atoms with Crippen molar-refractivity contribution in [1.29, 1.82) is 5.26 Å². The van der Waals surface area contributed by atoms with Crippen molar-refractivity contribution in [2.45, 2.75) is 26.1 Å². The molecule has 1 saturated carbocycles. The molecule has 0 radical (unpaired) electrons. The SMILES string of the molecule is Cc1cc([C@@H](C)Nc2ccccc2C(=O)O)c2nc(N3CC4C(C3)C4C(F)(F)F)c(C#N)nc2c1. The molecule has 1 aromatic heterocycles. The highest BCUT2D eigenvalue weighted by atomic mass is 19.4. The van der Waals surface area contributed by atoms with E-state index in [1.807, 2.05) is 26.0 Å². The maximum Gasteiger partial charge on any atom is 0.392 e. The average molecular weight is 481 g/mol. The number of nitriles is 1. The van der Waals surface area contributed by atoms with Gasteiger partial charge < -0.3 is 15.3 Å². The number of anilines is 2. The van der Waals surface area contributed by atoms with Gasteiger partial charge in [0.2, 0.25) is 0 Å². The number of fused-ring (bicyclic) bond motifs is 2. The van der Waals surface area contributed by atoms with E-state index in [0.29, 0.717) is 16.7 Å². The van der Waals surface area contributed by atoms with Gasteiger partial charge in [-0.3, -0.25) is 0 Å². The second-order valence-electron chi connectivity index (χ2n) is 9.25. The largest absolute Gasteiger partial charge is 0.478 e. The van der Waals surface area contributed by atoms with Gasteiger partial charge in [0.15, 0.2) is 11.5 Å². The van der Waals surface area contributed by atoms with E-state index in [0.717, 1.165) is 11.1 Å². The number of carboxylic acids is 1. The molecule has 3 atom stereocenters. The summed E-state index contributed by atoms with van der Waals surface area (Å²) in [6, 6.07) is 12.0. The van der Waals surface area contributed by atoms with Crippen LogP contribution in [0.3, 0.4) is 0 Å². The summed E-state index contributed by atoms with van der Waals surface area (Å²) < 4.78 is 39.4. The van der Waals surface area contributed by atoms with Gasteiger partial charge in [0.1, 0.15) is 6.07 Å². The topological polar surface area (TPSA) is 102 Å². The zero-order valence-electron chi connectivity index (χ0n) is 19.0. The normalized spacial score (nSPS) is 21.9. The first-order valence-corrected chi connectivity index (χ1v) is 11.2. The lowest BCUT2D eigenvalue weighted by atomic mass is 10.0. The Labute approximate surface area is 199 Å². The van der Waals surface area contributed by atoms with Crippen molar-refractivity contribution in [2.75, 3.05) is 23.3 Å². The van der Waals surface area contributed by atoms with Crippen LogP contribution in [0.5, 0.6) is 0 Å². The molecule has 10 heteroatoms. The predicted octanol–water partition coefficient (Wildman–Crippen LogP) is 4.93. The zero-order valence-corrected chi connectivity index (χ0v) is 19.0. The van der Waals surface area contributed by atoms with Crippen molar-refractivity contribution < 1.29 is 23.1 Å². The number of rotatable bonds is 5. The first-order valence-electron chi connectivity index (χ1n) is 11.2. The molecule has 2 aromatic carbocycles. The van der Waals surface area contributed by atoms with Crippen LogP contribution in [0.4, 0.5) is 24.7 Å². The Morgan fingerprint density at radius 2 is 1.91 bits per heavy atom. The molecular formula is C25H22F3N5O2. The number of aromatic carboxylic acids is 1. The number of carbonyl (C=O) groups is 1. The molecule has 2 fully saturated rings. The van der Waals surface area contributed by atoms with E-state index in [-0.39, 0.29) is 36.2 Å². The maximum atomic E-state index is 13.1. The molecule has 2 N–H and O–H groups in total. The molecule has 1 saturated heterocycles. The standard InChI is InChI=1S/C25H22F3N5O2/c1-12-7-15(13(2)30-18-6-4-3-5-14(18)24(34)35)22-19(8-12)31-20(9-29)23(32-22)33-10-16-17(11-33)21(16)25(26,27)28/h3-8,13,16-17,21,30H,10-11H2,1-2H3,(H,34,35)/t13-,16?,17?,21?/m1/s1. The smallest absolute Gasteiger partial charge is 0.392 e. The quantitative estimate of drug-likeness (QED) is 0.533. The highest BCUT2D eigenvalue weighted by Crippen LogP contribution is 2.59. The summed E-state index contributed by atoms with van der Waals surface area (Å²) in [5.41, 5.74) is 3.30. The fourth-order valence-electron chi connectivity index (χ4n) is 5.24. The molecule has 5 rings (SSSR count). The highest BCUT2D eigenvalue weighted by Gasteiger charge is 2.67. The van der Waals surface area contributed by atoms with Crippen LogP contribution in [-0.2, 0) is 0 Å². The van der Waals surface area contributed by atoms with Crippen molar-refractivity contribution in [1.82, 2.24) is 9.97 Å². The first-order chi connectivity index (χ1) is 16.6. The van der Waals surface area contributed by atoms with Gasteiger partial charge in [0.05, 0.1) is 28.6 Å². The molecule has 1 aliphatic heterocycles. The molecular weight excluding hydrogens is 459 g/mol. The number of piperidine rings is 1. The summed E-state index contributed by atoms with van der Waals surface area (Å²) >= 11 is 0. The molecule has 180 valence electrons. The number of carboxylic acid groups (broad SMARTS) is 1. The van der Waals surface area contributed by atoms with Gasteiger partial charge in [-0.15, -0.1) is 0 Å². The summed E-state index contributed by atoms with van der Waals surface area (Å²) in [5.74, 6) is -3.01. The monoisotopic (exact) mass is 481 g/mol. The van der Waals surface area contributed by atoms with Gasteiger partial charge in [-0.1, -0.05) is 18.2 Å². The highest BCUT2D eigenvalue weighted by molar-refractivity contribution is 5.94. The summed E-state index contributed by atoms with van der Waals surface area (Å²) in [5, 5.41) is 22.4. The molecule has 0 amide bonds. The molecule has 35 heavy (non-hydrogen) atoms. The van der Waals surface area contributed by atoms with Crippen molar-refractivity contribution >= 4 is 28.5 Å². The minimum Gasteiger partial charge on any atom is -0.478 e. The van der Waals surface area contributed by atoms with Crippen molar-refractivity contribution in [3.8, 4) is 6.07 Å². The minimum atomic E-state index is -4.20. The van der Waals surface area contributed by atoms with Crippen LogP contribution in [0.1, 0.15) is 40.1 Å². The van der Waals surface area contributed by atoms with E-state index in [2.05, 4.69) is 10.3 Å². The molecule has 3 aromatic rings. The number of halogens is 3. The van der Waals surface area contributed by atoms with Gasteiger partial charge in [-0.2, -0.15) is 18.4 Å². The van der Waals surface area contributed by atoms with Gasteiger partial charge in [-0.05, 0) is 49.4 Å². The number of para-hydroxylation sites is 1. The third-order valence-corrected chi connectivity index (χ3v) is 6.90. The van der Waals surface area contributed by atoms with Crippen LogP contribution < -0.4 is 10.2 Å². The number of nitrogens with one attached hydrogen (secondary N) is 1. The number of hydrogen-bond acceptors (Lipinski definition) is 6. The van der Waals surface area contributed by atoms with Gasteiger partial charge in [0.25, 0.3) is 0 Å². The van der Waals surface area contributed by atoms with Gasteiger partial charge in [-0.25, -0.2) is 14.8 Å². The van der Waals surface area contributed by atoms with E-state index >= 15 is 0 Å². The number of nitrogens with zero attached hydrogens (tertiary/aromatic N) is 4. The van der Waals surface area contributed by atoms with E-state index < -0.39 is 29.9 Å². The van der Waals surface area contributed by atoms with Crippen LogP contribution in [0, 0.1) is 36.0 Å². The number of aromatic nitrogens is 2. The zero-order chi connectivity index (χ0) is 25.1. The number of hydrogen-bond donors (Lipinski definition) is 2. The lowest BCUT2D eigenvalue weighted by Crippen LogP contribution is -2.30. The Bertz CT molecular complexity index is 1370. The fraction of sp³-hybridized carbons (Fsp3) is 0.360. The second-order valence-corrected chi connectivity index (χ2v) is 9.25. The average Bonchev–Trinajstić information content (AvgIpc) is 3.34. The number of aryl methyl sites for hydroxylation is 1. The molecule has 2 aliphatic rings. The Balaban J connectivity index is 1.51. The molecule has 2 heterocycles. The summed E-state index contributed by atoms with van der Waals surface area (Å²) in [6.45, 7) is 4.12.